The van der Waals surface area contributed by atoms with Gasteiger partial charge < -0.3 is 20.3 Å². The number of nitrogens with zero attached hydrogens (tertiary/aromatic N) is 1. The van der Waals surface area contributed by atoms with E-state index < -0.39 is 5.60 Å². The summed E-state index contributed by atoms with van der Waals surface area (Å²) >= 11 is 0. The van der Waals surface area contributed by atoms with E-state index in [-0.39, 0.29) is 41.7 Å². The second-order valence-electron chi connectivity index (χ2n) is 14.8. The van der Waals surface area contributed by atoms with Crippen molar-refractivity contribution in [3.8, 4) is 0 Å². The molecule has 0 bridgehead atoms. The smallest absolute Gasteiger partial charge is 0.410 e. The van der Waals surface area contributed by atoms with Gasteiger partial charge in [-0.15, -0.1) is 0 Å². The van der Waals surface area contributed by atoms with Crippen LogP contribution in [-0.2, 0) is 31.7 Å². The van der Waals surface area contributed by atoms with E-state index in [0.717, 1.165) is 22.4 Å². The van der Waals surface area contributed by atoms with Crippen LogP contribution in [0.1, 0.15) is 116 Å². The number of hydrogen-bond donors (Lipinski definition) is 2. The molecule has 0 atom stereocenters. The zero-order chi connectivity index (χ0) is 32.6. The van der Waals surface area contributed by atoms with Gasteiger partial charge in [0.2, 0.25) is 11.8 Å². The largest absolute Gasteiger partial charge is 0.444 e. The number of hydrogen-bond acceptors (Lipinski definition) is 4. The Hall–Kier alpha value is -3.35. The van der Waals surface area contributed by atoms with Crippen molar-refractivity contribution in [1.29, 1.82) is 0 Å². The van der Waals surface area contributed by atoms with Crippen LogP contribution in [0.3, 0.4) is 0 Å². The molecule has 43 heavy (non-hydrogen) atoms. The van der Waals surface area contributed by atoms with E-state index >= 15 is 0 Å². The van der Waals surface area contributed by atoms with Gasteiger partial charge in [-0.2, -0.15) is 0 Å². The van der Waals surface area contributed by atoms with Crippen LogP contribution in [0.2, 0.25) is 0 Å². The van der Waals surface area contributed by atoms with Crippen LogP contribution in [0.15, 0.2) is 36.4 Å². The number of unbranched alkanes of at least 4 members (excludes halogenated alkanes) is 1. The molecule has 0 unspecified atom stereocenters. The molecule has 7 nitrogen and oxygen atoms in total. The molecule has 0 aliphatic heterocycles. The van der Waals surface area contributed by atoms with Crippen molar-refractivity contribution in [2.45, 2.75) is 125 Å². The normalized spacial score (nSPS) is 12.1. The zero-order valence-corrected chi connectivity index (χ0v) is 28.5. The lowest BCUT2D eigenvalue weighted by molar-refractivity contribution is -0.121. The quantitative estimate of drug-likeness (QED) is 0.259. The van der Waals surface area contributed by atoms with Crippen LogP contribution in [0.4, 0.5) is 10.5 Å². The number of nitrogens with one attached hydrogen (secondary N) is 2. The Balaban J connectivity index is 1.96. The molecule has 238 valence electrons. The molecular weight excluding hydrogens is 538 g/mol. The number of amides is 3. The first-order valence-electron chi connectivity index (χ1n) is 15.5. The number of ether oxygens (including phenoxy) is 1. The minimum Gasteiger partial charge on any atom is -0.444 e. The molecule has 3 amide bonds. The molecule has 0 fully saturated rings. The summed E-state index contributed by atoms with van der Waals surface area (Å²) < 4.78 is 5.75. The summed E-state index contributed by atoms with van der Waals surface area (Å²) in [5.41, 5.74) is 5.81. The lowest BCUT2D eigenvalue weighted by Gasteiger charge is -2.30. The van der Waals surface area contributed by atoms with Crippen LogP contribution in [0.25, 0.3) is 0 Å². The lowest BCUT2D eigenvalue weighted by atomic mass is 9.79. The molecule has 0 heterocycles. The number of carbonyl (C=O) groups excluding carboxylic acids is 3. The van der Waals surface area contributed by atoms with Gasteiger partial charge in [0.1, 0.15) is 5.60 Å². The van der Waals surface area contributed by atoms with Gasteiger partial charge in [-0.25, -0.2) is 4.79 Å². The Kier molecular flexibility index (Phi) is 12.4. The number of anilines is 1. The molecule has 7 heteroatoms. The fourth-order valence-electron chi connectivity index (χ4n) is 4.69. The highest BCUT2D eigenvalue weighted by Gasteiger charge is 2.25. The van der Waals surface area contributed by atoms with Crippen LogP contribution in [0, 0.1) is 13.8 Å². The second-order valence-corrected chi connectivity index (χ2v) is 14.8. The van der Waals surface area contributed by atoms with Gasteiger partial charge in [-0.05, 0) is 98.2 Å². The van der Waals surface area contributed by atoms with Crippen molar-refractivity contribution in [3.63, 3.8) is 0 Å². The van der Waals surface area contributed by atoms with Crippen molar-refractivity contribution >= 4 is 23.6 Å². The van der Waals surface area contributed by atoms with E-state index in [1.165, 1.54) is 11.1 Å². The van der Waals surface area contributed by atoms with Crippen LogP contribution >= 0.6 is 0 Å². The van der Waals surface area contributed by atoms with Crippen molar-refractivity contribution in [3.05, 3.63) is 64.2 Å². The summed E-state index contributed by atoms with van der Waals surface area (Å²) in [5.74, 6) is -0.237. The summed E-state index contributed by atoms with van der Waals surface area (Å²) in [4.78, 5) is 39.7. The number of carbonyl (C=O) groups is 3. The molecule has 2 aromatic carbocycles. The van der Waals surface area contributed by atoms with Gasteiger partial charge in [0.25, 0.3) is 0 Å². The van der Waals surface area contributed by atoms with Crippen molar-refractivity contribution in [1.82, 2.24) is 10.2 Å². The summed E-state index contributed by atoms with van der Waals surface area (Å²) in [6, 6.07) is 12.6. The standard InChI is InChI=1S/C36H55N3O4/c1-25-18-26(2)20-30(19-25)38-32(41)15-16-37-31(40)14-12-13-17-39(33(42)43-36(9,10)11)24-27-21-28(34(3,4)5)23-29(22-27)35(6,7)8/h18-23H,12-17,24H2,1-11H3,(H,37,40)(H,38,41). The maximum Gasteiger partial charge on any atom is 0.410 e. The molecule has 2 N–H and O–H groups in total. The number of rotatable bonds is 11. The summed E-state index contributed by atoms with van der Waals surface area (Å²) in [7, 11) is 0. The predicted molar refractivity (Wildman–Crippen MR) is 177 cm³/mol. The monoisotopic (exact) mass is 593 g/mol. The maximum atomic E-state index is 13.2. The molecular formula is C36H55N3O4. The van der Waals surface area contributed by atoms with E-state index in [0.29, 0.717) is 32.4 Å². The molecule has 0 saturated heterocycles. The second kappa shape index (κ2) is 14.9. The third-order valence-electron chi connectivity index (χ3n) is 7.01. The van der Waals surface area contributed by atoms with Crippen molar-refractivity contribution in [2.24, 2.45) is 0 Å². The molecule has 0 aliphatic rings. The average Bonchev–Trinajstić information content (AvgIpc) is 2.82. The van der Waals surface area contributed by atoms with E-state index in [1.807, 2.05) is 46.8 Å². The Bertz CT molecular complexity index is 1210. The van der Waals surface area contributed by atoms with Crippen LogP contribution in [0.5, 0.6) is 0 Å². The molecule has 0 saturated carbocycles. The van der Waals surface area contributed by atoms with Gasteiger partial charge >= 0.3 is 6.09 Å². The highest BCUT2D eigenvalue weighted by molar-refractivity contribution is 5.91. The Morgan fingerprint density at radius 1 is 0.721 bits per heavy atom. The predicted octanol–water partition coefficient (Wildman–Crippen LogP) is 7.95. The van der Waals surface area contributed by atoms with Gasteiger partial charge in [-0.1, -0.05) is 65.8 Å². The Morgan fingerprint density at radius 2 is 1.28 bits per heavy atom. The van der Waals surface area contributed by atoms with Crippen molar-refractivity contribution in [2.75, 3.05) is 18.4 Å². The first kappa shape index (κ1) is 35.8. The summed E-state index contributed by atoms with van der Waals surface area (Å²) in [6.07, 6.45) is 1.45. The Labute approximate surface area is 260 Å². The molecule has 0 aliphatic carbocycles. The average molecular weight is 594 g/mol. The summed E-state index contributed by atoms with van der Waals surface area (Å²) in [6.45, 7) is 24.0. The van der Waals surface area contributed by atoms with Crippen LogP contribution in [-0.4, -0.2) is 41.5 Å². The van der Waals surface area contributed by atoms with Gasteiger partial charge in [0.05, 0.1) is 0 Å². The maximum absolute atomic E-state index is 13.2. The first-order valence-corrected chi connectivity index (χ1v) is 15.5. The summed E-state index contributed by atoms with van der Waals surface area (Å²) in [5, 5.41) is 5.73. The lowest BCUT2D eigenvalue weighted by Crippen LogP contribution is -2.37. The van der Waals surface area contributed by atoms with Gasteiger partial charge in [-0.3, -0.25) is 9.59 Å². The molecule has 2 rings (SSSR count). The fourth-order valence-corrected chi connectivity index (χ4v) is 4.69. The number of aryl methyl sites for hydroxylation is 2. The highest BCUT2D eigenvalue weighted by atomic mass is 16.6. The van der Waals surface area contributed by atoms with Gasteiger partial charge in [0, 0.05) is 38.2 Å². The third-order valence-corrected chi connectivity index (χ3v) is 7.01. The molecule has 0 radical (unpaired) electrons. The van der Waals surface area contributed by atoms with Gasteiger partial charge in [0.15, 0.2) is 0 Å². The topological polar surface area (TPSA) is 87.7 Å². The molecule has 0 aromatic heterocycles. The molecule has 2 aromatic rings. The fraction of sp³-hybridized carbons (Fsp3) is 0.583. The van der Waals surface area contributed by atoms with E-state index in [4.69, 9.17) is 4.74 Å². The van der Waals surface area contributed by atoms with Crippen molar-refractivity contribution < 1.29 is 19.1 Å². The van der Waals surface area contributed by atoms with E-state index in [1.54, 1.807) is 4.90 Å². The van der Waals surface area contributed by atoms with Crippen LogP contribution < -0.4 is 10.6 Å². The van der Waals surface area contributed by atoms with E-state index in [2.05, 4.69) is 76.4 Å². The molecule has 0 spiro atoms. The minimum absolute atomic E-state index is 0.0274. The zero-order valence-electron chi connectivity index (χ0n) is 28.5. The van der Waals surface area contributed by atoms with E-state index in [9.17, 15) is 14.4 Å². The minimum atomic E-state index is -0.608. The highest BCUT2D eigenvalue weighted by Crippen LogP contribution is 2.31. The third kappa shape index (κ3) is 13.2. The SMILES string of the molecule is Cc1cc(C)cc(NC(=O)CCNC(=O)CCCCN(Cc2cc(C(C)(C)C)cc(C(C)(C)C)c2)C(=O)OC(C)(C)C)c1. The number of benzene rings is 2. The first-order chi connectivity index (χ1) is 19.7. The Morgan fingerprint density at radius 3 is 1.79 bits per heavy atom.